The number of methoxy groups -OCH3 is 1. The van der Waals surface area contributed by atoms with Crippen LogP contribution in [0.1, 0.15) is 49.9 Å². The van der Waals surface area contributed by atoms with Crippen LogP contribution >= 0.6 is 0 Å². The van der Waals surface area contributed by atoms with Crippen LogP contribution in [0.25, 0.3) is 0 Å². The number of carbonyl (C=O) groups is 3. The molecule has 1 fully saturated rings. The lowest BCUT2D eigenvalue weighted by Crippen LogP contribution is -2.43. The third kappa shape index (κ3) is 4.62. The van der Waals surface area contributed by atoms with Crippen molar-refractivity contribution in [1.29, 1.82) is 0 Å². The van der Waals surface area contributed by atoms with Gasteiger partial charge in [-0.3, -0.25) is 9.59 Å². The molecule has 2 rings (SSSR count). The highest BCUT2D eigenvalue weighted by Gasteiger charge is 2.30. The van der Waals surface area contributed by atoms with Crippen molar-refractivity contribution in [2.45, 2.75) is 39.5 Å². The zero-order valence-corrected chi connectivity index (χ0v) is 15.8. The number of anilines is 1. The Labute approximate surface area is 154 Å². The minimum Gasteiger partial charge on any atom is -0.465 e. The first-order valence-corrected chi connectivity index (χ1v) is 9.28. The molecule has 0 saturated carbocycles. The van der Waals surface area contributed by atoms with Crippen molar-refractivity contribution >= 4 is 23.5 Å². The van der Waals surface area contributed by atoms with Crippen LogP contribution in [0.2, 0.25) is 0 Å². The fourth-order valence-corrected chi connectivity index (χ4v) is 3.37. The molecule has 1 saturated heterocycles. The average Bonchev–Trinajstić information content (AvgIpc) is 2.68. The quantitative estimate of drug-likeness (QED) is 0.791. The average molecular weight is 360 g/mol. The number of nitrogens with zero attached hydrogens (tertiary/aromatic N) is 1. The molecule has 0 spiro atoms. The van der Waals surface area contributed by atoms with E-state index in [0.29, 0.717) is 37.2 Å². The molecule has 1 aliphatic rings. The van der Waals surface area contributed by atoms with E-state index < -0.39 is 5.97 Å². The molecule has 6 heteroatoms. The number of piperidine rings is 1. The van der Waals surface area contributed by atoms with Gasteiger partial charge in [0, 0.05) is 24.9 Å². The Hall–Kier alpha value is -2.37. The van der Waals surface area contributed by atoms with E-state index in [1.165, 1.54) is 7.11 Å². The zero-order chi connectivity index (χ0) is 19.1. The molecule has 6 nitrogen and oxygen atoms in total. The second kappa shape index (κ2) is 9.36. The predicted molar refractivity (Wildman–Crippen MR) is 99.8 cm³/mol. The molecule has 142 valence electrons. The molecule has 0 radical (unpaired) electrons. The summed E-state index contributed by atoms with van der Waals surface area (Å²) in [6, 6.07) is 6.80. The van der Waals surface area contributed by atoms with Crippen molar-refractivity contribution in [1.82, 2.24) is 4.90 Å². The summed E-state index contributed by atoms with van der Waals surface area (Å²) in [5, 5.41) is 2.84. The number of rotatable bonds is 6. The van der Waals surface area contributed by atoms with E-state index >= 15 is 0 Å². The summed E-state index contributed by atoms with van der Waals surface area (Å²) in [6.45, 7) is 5.27. The van der Waals surface area contributed by atoms with E-state index in [4.69, 9.17) is 4.74 Å². The highest BCUT2D eigenvalue weighted by atomic mass is 16.5. The first-order valence-electron chi connectivity index (χ1n) is 9.28. The van der Waals surface area contributed by atoms with Gasteiger partial charge in [-0.05, 0) is 37.8 Å². The van der Waals surface area contributed by atoms with Crippen LogP contribution in [0.5, 0.6) is 0 Å². The third-order valence-corrected chi connectivity index (χ3v) is 5.10. The topological polar surface area (TPSA) is 75.7 Å². The first-order chi connectivity index (χ1) is 12.5. The molecular formula is C20H28N2O4. The van der Waals surface area contributed by atoms with Gasteiger partial charge in [-0.25, -0.2) is 4.79 Å². The second-order valence-electron chi connectivity index (χ2n) is 6.64. The molecule has 2 amide bonds. The molecule has 1 aromatic rings. The number of benzene rings is 1. The Bertz CT molecular complexity index is 647. The van der Waals surface area contributed by atoms with Crippen molar-refractivity contribution in [3.8, 4) is 0 Å². The first kappa shape index (κ1) is 19.9. The molecule has 1 aromatic carbocycles. The van der Waals surface area contributed by atoms with Crippen molar-refractivity contribution in [2.75, 3.05) is 25.5 Å². The monoisotopic (exact) mass is 360 g/mol. The van der Waals surface area contributed by atoms with Crippen LogP contribution in [0.4, 0.5) is 5.69 Å². The number of carbonyl (C=O) groups excluding carboxylic acids is 3. The Morgan fingerprint density at radius 2 is 1.77 bits per heavy atom. The largest absolute Gasteiger partial charge is 0.465 e. The predicted octanol–water partition coefficient (Wildman–Crippen LogP) is 3.09. The van der Waals surface area contributed by atoms with E-state index in [1.54, 1.807) is 24.3 Å². The lowest BCUT2D eigenvalue weighted by Gasteiger charge is -2.33. The number of likely N-dealkylation sites (tertiary alicyclic amines) is 1. The van der Waals surface area contributed by atoms with Crippen molar-refractivity contribution in [3.05, 3.63) is 29.8 Å². The van der Waals surface area contributed by atoms with E-state index in [1.807, 2.05) is 18.7 Å². The number of ether oxygens (including phenoxy) is 1. The van der Waals surface area contributed by atoms with Crippen LogP contribution in [0, 0.1) is 11.8 Å². The molecular weight excluding hydrogens is 332 g/mol. The molecule has 1 N–H and O–H groups in total. The zero-order valence-electron chi connectivity index (χ0n) is 15.8. The number of para-hydroxylation sites is 1. The van der Waals surface area contributed by atoms with Crippen molar-refractivity contribution in [2.24, 2.45) is 11.8 Å². The fourth-order valence-electron chi connectivity index (χ4n) is 3.37. The molecule has 0 aliphatic carbocycles. The van der Waals surface area contributed by atoms with Crippen molar-refractivity contribution < 1.29 is 19.1 Å². The number of nitrogens with one attached hydrogen (secondary N) is 1. The number of hydrogen-bond acceptors (Lipinski definition) is 4. The fraction of sp³-hybridized carbons (Fsp3) is 0.550. The van der Waals surface area contributed by atoms with Crippen molar-refractivity contribution in [3.63, 3.8) is 0 Å². The van der Waals surface area contributed by atoms with Gasteiger partial charge >= 0.3 is 5.97 Å². The third-order valence-electron chi connectivity index (χ3n) is 5.10. The van der Waals surface area contributed by atoms with Crippen LogP contribution in [0.15, 0.2) is 24.3 Å². The molecule has 26 heavy (non-hydrogen) atoms. The summed E-state index contributed by atoms with van der Waals surface area (Å²) in [5.74, 6) is -0.480. The maximum absolute atomic E-state index is 12.6. The van der Waals surface area contributed by atoms with Gasteiger partial charge in [-0.1, -0.05) is 26.0 Å². The Balaban J connectivity index is 1.95. The van der Waals surface area contributed by atoms with E-state index in [-0.39, 0.29) is 23.7 Å². The van der Waals surface area contributed by atoms with E-state index in [9.17, 15) is 14.4 Å². The number of esters is 1. The van der Waals surface area contributed by atoms with Gasteiger partial charge in [0.15, 0.2) is 0 Å². The molecule has 0 aromatic heterocycles. The summed E-state index contributed by atoms with van der Waals surface area (Å²) in [7, 11) is 1.31. The molecule has 1 heterocycles. The van der Waals surface area contributed by atoms with Gasteiger partial charge in [0.25, 0.3) is 0 Å². The standard InChI is InChI=1S/C20H28N2O4/c1-4-14(5-2)19(24)22-12-10-15(11-13-22)18(23)21-17-9-7-6-8-16(17)20(25)26-3/h6-9,14-15H,4-5,10-13H2,1-3H3,(H,21,23). The second-order valence-corrected chi connectivity index (χ2v) is 6.64. The van der Waals surface area contributed by atoms with E-state index in [2.05, 4.69) is 5.32 Å². The van der Waals surface area contributed by atoms with Crippen LogP contribution in [-0.4, -0.2) is 42.9 Å². The molecule has 1 aliphatic heterocycles. The lowest BCUT2D eigenvalue weighted by atomic mass is 9.93. The maximum Gasteiger partial charge on any atom is 0.339 e. The van der Waals surface area contributed by atoms with Crippen LogP contribution in [-0.2, 0) is 14.3 Å². The molecule has 0 atom stereocenters. The van der Waals surface area contributed by atoms with Gasteiger partial charge in [0.2, 0.25) is 11.8 Å². The van der Waals surface area contributed by atoms with Crippen LogP contribution < -0.4 is 5.32 Å². The number of hydrogen-bond donors (Lipinski definition) is 1. The summed E-state index contributed by atoms with van der Waals surface area (Å²) in [6.07, 6.45) is 2.97. The van der Waals surface area contributed by atoms with Gasteiger partial charge in [-0.15, -0.1) is 0 Å². The Morgan fingerprint density at radius 1 is 1.15 bits per heavy atom. The minimum atomic E-state index is -0.480. The highest BCUT2D eigenvalue weighted by Crippen LogP contribution is 2.23. The SMILES string of the molecule is CCC(CC)C(=O)N1CCC(C(=O)Nc2ccccc2C(=O)OC)CC1. The molecule has 0 bridgehead atoms. The highest BCUT2D eigenvalue weighted by molar-refractivity contribution is 6.01. The van der Waals surface area contributed by atoms with Gasteiger partial charge in [-0.2, -0.15) is 0 Å². The smallest absolute Gasteiger partial charge is 0.339 e. The Morgan fingerprint density at radius 3 is 2.35 bits per heavy atom. The van der Waals surface area contributed by atoms with Gasteiger partial charge < -0.3 is 15.0 Å². The van der Waals surface area contributed by atoms with Gasteiger partial charge in [0.1, 0.15) is 0 Å². The normalized spacial score (nSPS) is 15.0. The molecule has 0 unspecified atom stereocenters. The minimum absolute atomic E-state index is 0.0762. The lowest BCUT2D eigenvalue weighted by molar-refractivity contribution is -0.138. The Kier molecular flexibility index (Phi) is 7.18. The number of amides is 2. The summed E-state index contributed by atoms with van der Waals surface area (Å²) >= 11 is 0. The van der Waals surface area contributed by atoms with E-state index in [0.717, 1.165) is 12.8 Å². The summed E-state index contributed by atoms with van der Waals surface area (Å²) in [5.41, 5.74) is 0.796. The maximum atomic E-state index is 12.6. The summed E-state index contributed by atoms with van der Waals surface area (Å²) in [4.78, 5) is 38.7. The van der Waals surface area contributed by atoms with Crippen LogP contribution in [0.3, 0.4) is 0 Å². The van der Waals surface area contributed by atoms with Gasteiger partial charge in [0.05, 0.1) is 18.4 Å². The summed E-state index contributed by atoms with van der Waals surface area (Å²) < 4.78 is 4.75.